The van der Waals surface area contributed by atoms with Crippen LogP contribution < -0.4 is 5.32 Å². The second-order valence-corrected chi connectivity index (χ2v) is 6.40. The molecule has 0 atom stereocenters. The predicted octanol–water partition coefficient (Wildman–Crippen LogP) is 2.82. The average molecular weight is 311 g/mol. The first-order chi connectivity index (χ1) is 9.99. The highest BCUT2D eigenvalue weighted by atomic mass is 32.2. The fourth-order valence-electron chi connectivity index (χ4n) is 2.70. The molecule has 114 valence electrons. The van der Waals surface area contributed by atoms with Crippen molar-refractivity contribution < 1.29 is 19.1 Å². The fraction of sp³-hybridized carbons (Fsp3) is 0.467. The first kappa shape index (κ1) is 15.8. The van der Waals surface area contributed by atoms with Crippen LogP contribution in [0.2, 0.25) is 0 Å². The van der Waals surface area contributed by atoms with E-state index in [4.69, 9.17) is 5.11 Å². The lowest BCUT2D eigenvalue weighted by Crippen LogP contribution is -2.48. The number of aliphatic carboxylic acids is 1. The Kier molecular flexibility index (Phi) is 5.22. The van der Waals surface area contributed by atoms with Gasteiger partial charge in [0.05, 0.1) is 17.7 Å². The molecule has 0 unspecified atom stereocenters. The Hall–Kier alpha value is -1.56. The van der Waals surface area contributed by atoms with Crippen molar-refractivity contribution in [3.05, 3.63) is 30.1 Å². The van der Waals surface area contributed by atoms with Crippen molar-refractivity contribution in [1.29, 1.82) is 0 Å². The van der Waals surface area contributed by atoms with Gasteiger partial charge in [0.15, 0.2) is 0 Å². The maximum atomic E-state index is 12.8. The summed E-state index contributed by atoms with van der Waals surface area (Å²) >= 11 is 1.31. The van der Waals surface area contributed by atoms with Crippen LogP contribution in [0.1, 0.15) is 32.1 Å². The first-order valence-corrected chi connectivity index (χ1v) is 7.89. The SMILES string of the molecule is O=C(O)CC1(NC(=O)CSc2ccc(F)cc2)CCCC1. The van der Waals surface area contributed by atoms with Gasteiger partial charge in [-0.2, -0.15) is 0 Å². The number of carboxylic acid groups (broad SMARTS) is 1. The van der Waals surface area contributed by atoms with Crippen LogP contribution >= 0.6 is 11.8 Å². The van der Waals surface area contributed by atoms with Gasteiger partial charge in [-0.05, 0) is 37.1 Å². The van der Waals surface area contributed by atoms with Gasteiger partial charge in [0.2, 0.25) is 5.91 Å². The first-order valence-electron chi connectivity index (χ1n) is 6.90. The molecule has 1 aliphatic rings. The Labute approximate surface area is 127 Å². The normalized spacial score (nSPS) is 16.6. The smallest absolute Gasteiger partial charge is 0.305 e. The highest BCUT2D eigenvalue weighted by molar-refractivity contribution is 8.00. The summed E-state index contributed by atoms with van der Waals surface area (Å²) in [5, 5.41) is 11.9. The van der Waals surface area contributed by atoms with Crippen molar-refractivity contribution in [3.8, 4) is 0 Å². The molecule has 1 saturated carbocycles. The third-order valence-electron chi connectivity index (χ3n) is 3.64. The van der Waals surface area contributed by atoms with Gasteiger partial charge in [0, 0.05) is 4.90 Å². The van der Waals surface area contributed by atoms with Gasteiger partial charge in [-0.15, -0.1) is 11.8 Å². The molecule has 0 spiro atoms. The molecule has 1 aromatic carbocycles. The molecule has 0 heterocycles. The Bertz CT molecular complexity index is 512. The monoisotopic (exact) mass is 311 g/mol. The molecule has 1 fully saturated rings. The van der Waals surface area contributed by atoms with Crippen LogP contribution in [-0.2, 0) is 9.59 Å². The van der Waals surface area contributed by atoms with Crippen LogP contribution in [0.5, 0.6) is 0 Å². The number of nitrogens with one attached hydrogen (secondary N) is 1. The van der Waals surface area contributed by atoms with Gasteiger partial charge in [-0.3, -0.25) is 9.59 Å². The van der Waals surface area contributed by atoms with Gasteiger partial charge in [-0.25, -0.2) is 4.39 Å². The predicted molar refractivity (Wildman–Crippen MR) is 78.7 cm³/mol. The van der Waals surface area contributed by atoms with Crippen LogP contribution in [0.25, 0.3) is 0 Å². The summed E-state index contributed by atoms with van der Waals surface area (Å²) < 4.78 is 12.8. The molecule has 6 heteroatoms. The van der Waals surface area contributed by atoms with E-state index in [1.165, 1.54) is 23.9 Å². The minimum atomic E-state index is -0.886. The Morgan fingerprint density at radius 3 is 2.43 bits per heavy atom. The summed E-state index contributed by atoms with van der Waals surface area (Å²) in [5.74, 6) is -1.17. The number of rotatable bonds is 6. The van der Waals surface area contributed by atoms with E-state index in [1.807, 2.05) is 0 Å². The number of hydrogen-bond donors (Lipinski definition) is 2. The fourth-order valence-corrected chi connectivity index (χ4v) is 3.40. The molecule has 2 rings (SSSR count). The van der Waals surface area contributed by atoms with Crippen molar-refractivity contribution in [2.45, 2.75) is 42.5 Å². The third-order valence-corrected chi connectivity index (χ3v) is 4.65. The number of halogens is 1. The van der Waals surface area contributed by atoms with Crippen LogP contribution in [0.15, 0.2) is 29.2 Å². The van der Waals surface area contributed by atoms with Crippen molar-refractivity contribution in [2.75, 3.05) is 5.75 Å². The van der Waals surface area contributed by atoms with Gasteiger partial charge >= 0.3 is 5.97 Å². The Balaban J connectivity index is 1.87. The summed E-state index contributed by atoms with van der Waals surface area (Å²) in [5.41, 5.74) is -0.591. The van der Waals surface area contributed by atoms with Crippen LogP contribution in [0.4, 0.5) is 4.39 Å². The van der Waals surface area contributed by atoms with E-state index in [2.05, 4.69) is 5.32 Å². The van der Waals surface area contributed by atoms with E-state index in [-0.39, 0.29) is 23.9 Å². The summed E-state index contributed by atoms with van der Waals surface area (Å²) in [4.78, 5) is 23.8. The van der Waals surface area contributed by atoms with Crippen LogP contribution in [0, 0.1) is 5.82 Å². The van der Waals surface area contributed by atoms with E-state index in [0.717, 1.165) is 17.7 Å². The summed E-state index contributed by atoms with van der Waals surface area (Å²) in [6, 6.07) is 5.94. The quantitative estimate of drug-likeness (QED) is 0.793. The second kappa shape index (κ2) is 6.93. The van der Waals surface area contributed by atoms with E-state index in [0.29, 0.717) is 12.8 Å². The number of carboxylic acids is 1. The molecule has 0 radical (unpaired) electrons. The maximum Gasteiger partial charge on any atom is 0.305 e. The molecule has 1 aliphatic carbocycles. The largest absolute Gasteiger partial charge is 0.481 e. The topological polar surface area (TPSA) is 66.4 Å². The molecular formula is C15H18FNO3S. The zero-order valence-electron chi connectivity index (χ0n) is 11.6. The number of amides is 1. The van der Waals surface area contributed by atoms with Crippen molar-refractivity contribution in [3.63, 3.8) is 0 Å². The molecule has 0 saturated heterocycles. The van der Waals surface area contributed by atoms with Crippen molar-refractivity contribution in [2.24, 2.45) is 0 Å². The number of benzene rings is 1. The molecule has 2 N–H and O–H groups in total. The number of carbonyl (C=O) groups is 2. The molecule has 1 aromatic rings. The minimum Gasteiger partial charge on any atom is -0.481 e. The van der Waals surface area contributed by atoms with Crippen LogP contribution in [-0.4, -0.2) is 28.3 Å². The van der Waals surface area contributed by atoms with Gasteiger partial charge in [0.25, 0.3) is 0 Å². The van der Waals surface area contributed by atoms with Gasteiger partial charge in [0.1, 0.15) is 5.82 Å². The van der Waals surface area contributed by atoms with E-state index < -0.39 is 11.5 Å². The summed E-state index contributed by atoms with van der Waals surface area (Å²) in [6.07, 6.45) is 3.29. The zero-order chi connectivity index (χ0) is 15.3. The number of carbonyl (C=O) groups excluding carboxylic acids is 1. The average Bonchev–Trinajstić information content (AvgIpc) is 2.85. The van der Waals surface area contributed by atoms with Crippen molar-refractivity contribution in [1.82, 2.24) is 5.32 Å². The standard InChI is InChI=1S/C15H18FNO3S/c16-11-3-5-12(6-4-11)21-10-13(18)17-15(9-14(19)20)7-1-2-8-15/h3-6H,1-2,7-10H2,(H,17,18)(H,19,20). The molecule has 0 aliphatic heterocycles. The maximum absolute atomic E-state index is 12.8. The molecular weight excluding hydrogens is 293 g/mol. The second-order valence-electron chi connectivity index (χ2n) is 5.35. The molecule has 21 heavy (non-hydrogen) atoms. The minimum absolute atomic E-state index is 0.0278. The van der Waals surface area contributed by atoms with Crippen LogP contribution in [0.3, 0.4) is 0 Å². The highest BCUT2D eigenvalue weighted by Crippen LogP contribution is 2.32. The summed E-state index contributed by atoms with van der Waals surface area (Å²) in [6.45, 7) is 0. The Morgan fingerprint density at radius 1 is 1.24 bits per heavy atom. The molecule has 4 nitrogen and oxygen atoms in total. The highest BCUT2D eigenvalue weighted by Gasteiger charge is 2.37. The van der Waals surface area contributed by atoms with Gasteiger partial charge < -0.3 is 10.4 Å². The Morgan fingerprint density at radius 2 is 1.86 bits per heavy atom. The molecule has 0 aromatic heterocycles. The van der Waals surface area contributed by atoms with Gasteiger partial charge in [-0.1, -0.05) is 12.8 Å². The third kappa shape index (κ3) is 4.74. The van der Waals surface area contributed by atoms with E-state index in [9.17, 15) is 14.0 Å². The lowest BCUT2D eigenvalue weighted by atomic mass is 9.93. The number of hydrogen-bond acceptors (Lipinski definition) is 3. The number of thioether (sulfide) groups is 1. The van der Waals surface area contributed by atoms with E-state index in [1.54, 1.807) is 12.1 Å². The van der Waals surface area contributed by atoms with Crippen molar-refractivity contribution >= 4 is 23.6 Å². The molecule has 1 amide bonds. The zero-order valence-corrected chi connectivity index (χ0v) is 12.4. The molecule has 0 bridgehead atoms. The lowest BCUT2D eigenvalue weighted by molar-refractivity contribution is -0.139. The lowest BCUT2D eigenvalue weighted by Gasteiger charge is -2.28. The summed E-state index contributed by atoms with van der Waals surface area (Å²) in [7, 11) is 0. The van der Waals surface area contributed by atoms with E-state index >= 15 is 0 Å².